The van der Waals surface area contributed by atoms with Gasteiger partial charge in [0.2, 0.25) is 15.7 Å². The zero-order valence-electron chi connectivity index (χ0n) is 10.9. The van der Waals surface area contributed by atoms with E-state index in [9.17, 15) is 13.2 Å². The number of anilines is 1. The molecule has 0 fully saturated rings. The maximum atomic E-state index is 12.0. The van der Waals surface area contributed by atoms with Crippen molar-refractivity contribution < 1.29 is 17.6 Å². The van der Waals surface area contributed by atoms with Gasteiger partial charge in [0, 0.05) is 12.2 Å². The first-order valence-electron chi connectivity index (χ1n) is 6.08. The van der Waals surface area contributed by atoms with Gasteiger partial charge in [-0.15, -0.1) is 0 Å². The number of hydrogen-bond donors (Lipinski definition) is 2. The lowest BCUT2D eigenvalue weighted by Crippen LogP contribution is -2.30. The number of aromatic nitrogens is 1. The third kappa shape index (κ3) is 3.08. The van der Waals surface area contributed by atoms with Crippen molar-refractivity contribution in [3.05, 3.63) is 18.2 Å². The Morgan fingerprint density at radius 1 is 1.45 bits per heavy atom. The van der Waals surface area contributed by atoms with Gasteiger partial charge in [0.25, 0.3) is 0 Å². The Morgan fingerprint density at radius 2 is 2.20 bits per heavy atom. The second kappa shape index (κ2) is 5.49. The lowest BCUT2D eigenvalue weighted by Gasteiger charge is -2.01. The van der Waals surface area contributed by atoms with Crippen molar-refractivity contribution in [3.8, 4) is 0 Å². The number of benzene rings is 1. The predicted molar refractivity (Wildman–Crippen MR) is 73.8 cm³/mol. The Bertz CT molecular complexity index is 736. The number of nitrogens with two attached hydrogens (primary N) is 1. The Morgan fingerprint density at radius 3 is 2.90 bits per heavy atom. The standard InChI is InChI=1S/C12H15N3O4S/c1-2-5-14-11(16)7-20(17,18)12-15-9-6-8(13)3-4-10(9)19-12/h3-4,6H,2,5,7,13H2,1H3,(H,14,16). The van der Waals surface area contributed by atoms with Crippen molar-refractivity contribution in [1.29, 1.82) is 0 Å². The summed E-state index contributed by atoms with van der Waals surface area (Å²) >= 11 is 0. The zero-order valence-corrected chi connectivity index (χ0v) is 11.7. The van der Waals surface area contributed by atoms with Gasteiger partial charge in [-0.05, 0) is 24.6 Å². The van der Waals surface area contributed by atoms with Gasteiger partial charge in [-0.3, -0.25) is 4.79 Å². The lowest BCUT2D eigenvalue weighted by molar-refractivity contribution is -0.118. The van der Waals surface area contributed by atoms with E-state index in [0.29, 0.717) is 23.3 Å². The van der Waals surface area contributed by atoms with Crippen LogP contribution >= 0.6 is 0 Å². The van der Waals surface area contributed by atoms with Crippen LogP contribution in [0.15, 0.2) is 27.8 Å². The molecular weight excluding hydrogens is 282 g/mol. The van der Waals surface area contributed by atoms with Crippen LogP contribution in [0.4, 0.5) is 5.69 Å². The third-order valence-corrected chi connectivity index (χ3v) is 3.90. The van der Waals surface area contributed by atoms with Crippen LogP contribution in [0.3, 0.4) is 0 Å². The minimum atomic E-state index is -3.90. The summed E-state index contributed by atoms with van der Waals surface area (Å²) in [7, 11) is -3.90. The molecule has 0 saturated carbocycles. The summed E-state index contributed by atoms with van der Waals surface area (Å²) in [6.45, 7) is 2.30. The molecule has 2 rings (SSSR count). The van der Waals surface area contributed by atoms with Crippen LogP contribution in [0.1, 0.15) is 13.3 Å². The molecule has 108 valence electrons. The monoisotopic (exact) mass is 297 g/mol. The summed E-state index contributed by atoms with van der Waals surface area (Å²) in [6.07, 6.45) is 0.730. The van der Waals surface area contributed by atoms with E-state index in [1.807, 2.05) is 6.92 Å². The fourth-order valence-corrected chi connectivity index (χ4v) is 2.63. The van der Waals surface area contributed by atoms with Gasteiger partial charge in [-0.2, -0.15) is 4.98 Å². The van der Waals surface area contributed by atoms with E-state index in [2.05, 4.69) is 10.3 Å². The van der Waals surface area contributed by atoms with Gasteiger partial charge in [0.05, 0.1) is 0 Å². The molecule has 0 spiro atoms. The maximum absolute atomic E-state index is 12.0. The number of nitrogen functional groups attached to an aromatic ring is 1. The van der Waals surface area contributed by atoms with Crippen LogP contribution in [0.25, 0.3) is 11.1 Å². The maximum Gasteiger partial charge on any atom is 0.316 e. The molecule has 1 aromatic carbocycles. The fraction of sp³-hybridized carbons (Fsp3) is 0.333. The molecule has 0 aliphatic heterocycles. The summed E-state index contributed by atoms with van der Waals surface area (Å²) in [4.78, 5) is 15.3. The number of hydrogen-bond acceptors (Lipinski definition) is 6. The van der Waals surface area contributed by atoms with Crippen molar-refractivity contribution in [2.45, 2.75) is 18.6 Å². The number of carbonyl (C=O) groups is 1. The van der Waals surface area contributed by atoms with Crippen LogP contribution in [0.5, 0.6) is 0 Å². The molecule has 0 atom stereocenters. The van der Waals surface area contributed by atoms with Crippen molar-refractivity contribution in [2.24, 2.45) is 0 Å². The van der Waals surface area contributed by atoms with E-state index in [4.69, 9.17) is 10.2 Å². The molecular formula is C12H15N3O4S. The van der Waals surface area contributed by atoms with Crippen molar-refractivity contribution in [2.75, 3.05) is 18.0 Å². The highest BCUT2D eigenvalue weighted by Gasteiger charge is 2.25. The topological polar surface area (TPSA) is 115 Å². The van der Waals surface area contributed by atoms with Crippen LogP contribution in [0, 0.1) is 0 Å². The number of rotatable bonds is 5. The van der Waals surface area contributed by atoms with E-state index in [0.717, 1.165) is 6.42 Å². The van der Waals surface area contributed by atoms with Gasteiger partial charge in [-0.1, -0.05) is 6.92 Å². The number of nitrogens with zero attached hydrogens (tertiary/aromatic N) is 1. The number of oxazole rings is 1. The van der Waals surface area contributed by atoms with E-state index in [-0.39, 0.29) is 0 Å². The molecule has 0 radical (unpaired) electrons. The number of sulfone groups is 1. The summed E-state index contributed by atoms with van der Waals surface area (Å²) in [5.74, 6) is -1.26. The Kier molecular flexibility index (Phi) is 3.93. The predicted octanol–water partition coefficient (Wildman–Crippen LogP) is 0.710. The first-order valence-corrected chi connectivity index (χ1v) is 7.73. The van der Waals surface area contributed by atoms with Crippen molar-refractivity contribution in [1.82, 2.24) is 10.3 Å². The molecule has 3 N–H and O–H groups in total. The first kappa shape index (κ1) is 14.3. The molecule has 20 heavy (non-hydrogen) atoms. The van der Waals surface area contributed by atoms with Crippen LogP contribution in [-0.4, -0.2) is 31.6 Å². The third-order valence-electron chi connectivity index (χ3n) is 2.55. The highest BCUT2D eigenvalue weighted by atomic mass is 32.2. The molecule has 1 aromatic heterocycles. The SMILES string of the molecule is CCCNC(=O)CS(=O)(=O)c1nc2cc(N)ccc2o1. The van der Waals surface area contributed by atoms with Crippen molar-refractivity contribution >= 4 is 32.5 Å². The fourth-order valence-electron chi connectivity index (χ4n) is 1.61. The summed E-state index contributed by atoms with van der Waals surface area (Å²) in [5, 5.41) is 2.03. The van der Waals surface area contributed by atoms with Gasteiger partial charge in [0.1, 0.15) is 11.3 Å². The number of fused-ring (bicyclic) bond motifs is 1. The van der Waals surface area contributed by atoms with Gasteiger partial charge in [-0.25, -0.2) is 8.42 Å². The van der Waals surface area contributed by atoms with Crippen molar-refractivity contribution in [3.63, 3.8) is 0 Å². The van der Waals surface area contributed by atoms with Gasteiger partial charge < -0.3 is 15.5 Å². The second-order valence-corrected chi connectivity index (χ2v) is 6.18. The number of nitrogens with one attached hydrogen (secondary N) is 1. The average molecular weight is 297 g/mol. The number of carbonyl (C=O) groups excluding carboxylic acids is 1. The van der Waals surface area contributed by atoms with Crippen LogP contribution in [-0.2, 0) is 14.6 Å². The normalized spacial score (nSPS) is 11.7. The highest BCUT2D eigenvalue weighted by Crippen LogP contribution is 2.21. The van der Waals surface area contributed by atoms with E-state index in [1.54, 1.807) is 6.07 Å². The van der Waals surface area contributed by atoms with Crippen LogP contribution in [0.2, 0.25) is 0 Å². The van der Waals surface area contributed by atoms with Gasteiger partial charge in [0.15, 0.2) is 5.58 Å². The Hall–Kier alpha value is -2.09. The minimum Gasteiger partial charge on any atom is -0.428 e. The van der Waals surface area contributed by atoms with Gasteiger partial charge >= 0.3 is 5.22 Å². The van der Waals surface area contributed by atoms with E-state index < -0.39 is 26.7 Å². The largest absolute Gasteiger partial charge is 0.428 e. The Balaban J connectivity index is 2.25. The molecule has 0 bridgehead atoms. The van der Waals surface area contributed by atoms with Crippen LogP contribution < -0.4 is 11.1 Å². The quantitative estimate of drug-likeness (QED) is 0.785. The summed E-state index contributed by atoms with van der Waals surface area (Å²) in [6, 6.07) is 4.63. The second-order valence-electron chi connectivity index (χ2n) is 4.32. The molecule has 0 aliphatic rings. The van der Waals surface area contributed by atoms with E-state index in [1.165, 1.54) is 12.1 Å². The summed E-state index contributed by atoms with van der Waals surface area (Å²) in [5.41, 5.74) is 6.69. The molecule has 1 heterocycles. The molecule has 1 amide bonds. The molecule has 8 heteroatoms. The highest BCUT2D eigenvalue weighted by molar-refractivity contribution is 7.91. The Labute approximate surface area is 116 Å². The number of amides is 1. The lowest BCUT2D eigenvalue weighted by atomic mass is 10.3. The molecule has 7 nitrogen and oxygen atoms in total. The minimum absolute atomic E-state index is 0.312. The average Bonchev–Trinajstić information content (AvgIpc) is 2.79. The molecule has 2 aromatic rings. The smallest absolute Gasteiger partial charge is 0.316 e. The molecule has 0 saturated heterocycles. The first-order chi connectivity index (χ1) is 9.42. The summed E-state index contributed by atoms with van der Waals surface area (Å²) < 4.78 is 29.2. The molecule has 0 unspecified atom stereocenters. The molecule has 0 aliphatic carbocycles. The van der Waals surface area contributed by atoms with E-state index >= 15 is 0 Å². The zero-order chi connectivity index (χ0) is 14.8.